The standard InChI is InChI=1S/C25H38O6/c1-19(9-14-24(31-21(3)26)25(4)29-15-16-30-25)7-6-8-20(2)17-28-18-22-10-12-23(27-5)13-11-22/h9-13,20,24H,6-8,14-18H2,1-5H3/b19-9+. The van der Waals surface area contributed by atoms with E-state index in [0.29, 0.717) is 32.2 Å². The summed E-state index contributed by atoms with van der Waals surface area (Å²) in [7, 11) is 1.67. The fraction of sp³-hybridized carbons (Fsp3) is 0.640. The van der Waals surface area contributed by atoms with E-state index in [1.165, 1.54) is 12.5 Å². The molecule has 1 heterocycles. The van der Waals surface area contributed by atoms with E-state index < -0.39 is 11.9 Å². The van der Waals surface area contributed by atoms with E-state index >= 15 is 0 Å². The van der Waals surface area contributed by atoms with Gasteiger partial charge in [0, 0.05) is 20.0 Å². The average molecular weight is 435 g/mol. The molecule has 0 radical (unpaired) electrons. The first kappa shape index (κ1) is 25.4. The summed E-state index contributed by atoms with van der Waals surface area (Å²) in [5, 5.41) is 0. The zero-order valence-corrected chi connectivity index (χ0v) is 19.6. The van der Waals surface area contributed by atoms with Gasteiger partial charge < -0.3 is 23.7 Å². The molecular weight excluding hydrogens is 396 g/mol. The number of hydrogen-bond acceptors (Lipinski definition) is 6. The van der Waals surface area contributed by atoms with Crippen LogP contribution < -0.4 is 4.74 Å². The van der Waals surface area contributed by atoms with Crippen molar-refractivity contribution in [2.45, 2.75) is 71.9 Å². The Labute approximate surface area is 186 Å². The van der Waals surface area contributed by atoms with Crippen molar-refractivity contribution in [3.63, 3.8) is 0 Å². The first-order valence-electron chi connectivity index (χ1n) is 11.1. The van der Waals surface area contributed by atoms with Crippen molar-refractivity contribution in [1.29, 1.82) is 0 Å². The molecule has 1 aromatic carbocycles. The number of benzene rings is 1. The highest BCUT2D eigenvalue weighted by Crippen LogP contribution is 2.28. The third-order valence-corrected chi connectivity index (χ3v) is 5.53. The molecule has 2 atom stereocenters. The molecule has 174 valence electrons. The fourth-order valence-electron chi connectivity index (χ4n) is 3.61. The van der Waals surface area contributed by atoms with Crippen LogP contribution in [0.25, 0.3) is 0 Å². The van der Waals surface area contributed by atoms with Gasteiger partial charge in [-0.1, -0.05) is 30.7 Å². The minimum absolute atomic E-state index is 0.320. The number of hydrogen-bond donors (Lipinski definition) is 0. The van der Waals surface area contributed by atoms with Crippen LogP contribution in [-0.2, 0) is 30.3 Å². The van der Waals surface area contributed by atoms with E-state index in [1.807, 2.05) is 31.2 Å². The van der Waals surface area contributed by atoms with Crippen molar-refractivity contribution in [2.24, 2.45) is 5.92 Å². The molecule has 0 saturated carbocycles. The van der Waals surface area contributed by atoms with Crippen molar-refractivity contribution in [3.05, 3.63) is 41.5 Å². The van der Waals surface area contributed by atoms with Gasteiger partial charge in [-0.05, 0) is 56.7 Å². The molecule has 0 amide bonds. The van der Waals surface area contributed by atoms with Gasteiger partial charge in [-0.15, -0.1) is 0 Å². The molecule has 6 heteroatoms. The molecule has 0 spiro atoms. The summed E-state index contributed by atoms with van der Waals surface area (Å²) >= 11 is 0. The lowest BCUT2D eigenvalue weighted by Gasteiger charge is -2.30. The van der Waals surface area contributed by atoms with Crippen LogP contribution in [0.3, 0.4) is 0 Å². The molecule has 0 N–H and O–H groups in total. The Balaban J connectivity index is 1.67. The van der Waals surface area contributed by atoms with Crippen LogP contribution in [0.15, 0.2) is 35.9 Å². The van der Waals surface area contributed by atoms with E-state index in [2.05, 4.69) is 19.9 Å². The molecule has 1 aromatic rings. The predicted molar refractivity (Wildman–Crippen MR) is 120 cm³/mol. The zero-order valence-electron chi connectivity index (χ0n) is 19.6. The van der Waals surface area contributed by atoms with Crippen LogP contribution in [0, 0.1) is 5.92 Å². The third-order valence-electron chi connectivity index (χ3n) is 5.53. The maximum Gasteiger partial charge on any atom is 0.303 e. The van der Waals surface area contributed by atoms with Gasteiger partial charge in [-0.25, -0.2) is 0 Å². The van der Waals surface area contributed by atoms with Crippen molar-refractivity contribution >= 4 is 5.97 Å². The number of carbonyl (C=O) groups is 1. The Hall–Kier alpha value is -1.89. The van der Waals surface area contributed by atoms with Gasteiger partial charge in [0.1, 0.15) is 5.75 Å². The van der Waals surface area contributed by atoms with Gasteiger partial charge in [0.25, 0.3) is 0 Å². The lowest BCUT2D eigenvalue weighted by molar-refractivity contribution is -0.220. The summed E-state index contributed by atoms with van der Waals surface area (Å²) < 4.78 is 27.9. The van der Waals surface area contributed by atoms with Crippen LogP contribution in [0.5, 0.6) is 5.75 Å². The number of esters is 1. The summed E-state index contributed by atoms with van der Waals surface area (Å²) in [6, 6.07) is 7.97. The number of rotatable bonds is 13. The quantitative estimate of drug-likeness (QED) is 0.320. The molecule has 0 aromatic heterocycles. The Bertz CT molecular complexity index is 690. The highest BCUT2D eigenvalue weighted by atomic mass is 16.8. The average Bonchev–Trinajstić information content (AvgIpc) is 3.19. The Morgan fingerprint density at radius 2 is 1.87 bits per heavy atom. The van der Waals surface area contributed by atoms with Crippen molar-refractivity contribution < 1.29 is 28.5 Å². The number of allylic oxidation sites excluding steroid dienone is 1. The molecule has 2 rings (SSSR count). The molecule has 1 aliphatic rings. The topological polar surface area (TPSA) is 63.2 Å². The minimum Gasteiger partial charge on any atom is -0.497 e. The van der Waals surface area contributed by atoms with Gasteiger partial charge in [-0.2, -0.15) is 0 Å². The van der Waals surface area contributed by atoms with Crippen LogP contribution in [-0.4, -0.2) is 44.8 Å². The second-order valence-electron chi connectivity index (χ2n) is 8.46. The fourth-order valence-corrected chi connectivity index (χ4v) is 3.61. The zero-order chi connectivity index (χ0) is 22.7. The molecule has 1 saturated heterocycles. The molecule has 2 unspecified atom stereocenters. The number of carbonyl (C=O) groups excluding carboxylic acids is 1. The molecule has 0 aliphatic carbocycles. The Morgan fingerprint density at radius 1 is 1.19 bits per heavy atom. The van der Waals surface area contributed by atoms with Crippen LogP contribution in [0.1, 0.15) is 58.9 Å². The minimum atomic E-state index is -0.863. The van der Waals surface area contributed by atoms with E-state index in [1.54, 1.807) is 7.11 Å². The SMILES string of the molecule is COc1ccc(COCC(C)CCC/C(C)=C/CC(OC(C)=O)C2(C)OCCO2)cc1. The Kier molecular flexibility index (Phi) is 10.5. The second kappa shape index (κ2) is 12.8. The van der Waals surface area contributed by atoms with E-state index in [0.717, 1.165) is 37.2 Å². The molecule has 6 nitrogen and oxygen atoms in total. The normalized spacial score (nSPS) is 17.9. The molecule has 0 bridgehead atoms. The molecule has 31 heavy (non-hydrogen) atoms. The van der Waals surface area contributed by atoms with Gasteiger partial charge in [0.15, 0.2) is 6.10 Å². The van der Waals surface area contributed by atoms with Crippen molar-refractivity contribution in [3.8, 4) is 5.75 Å². The maximum atomic E-state index is 11.5. The van der Waals surface area contributed by atoms with Crippen molar-refractivity contribution in [2.75, 3.05) is 26.9 Å². The Morgan fingerprint density at radius 3 is 2.48 bits per heavy atom. The summed E-state index contributed by atoms with van der Waals surface area (Å²) in [5.41, 5.74) is 2.43. The van der Waals surface area contributed by atoms with Gasteiger partial charge in [-0.3, -0.25) is 4.79 Å². The molecular formula is C25H38O6. The summed E-state index contributed by atoms with van der Waals surface area (Å²) in [5.74, 6) is 0.175. The maximum absolute atomic E-state index is 11.5. The third kappa shape index (κ3) is 9.01. The van der Waals surface area contributed by atoms with E-state index in [9.17, 15) is 4.79 Å². The first-order chi connectivity index (χ1) is 14.8. The van der Waals surface area contributed by atoms with Crippen LogP contribution in [0.4, 0.5) is 0 Å². The number of ether oxygens (including phenoxy) is 5. The van der Waals surface area contributed by atoms with Crippen molar-refractivity contribution in [1.82, 2.24) is 0 Å². The van der Waals surface area contributed by atoms with Gasteiger partial charge >= 0.3 is 5.97 Å². The number of methoxy groups -OCH3 is 1. The summed E-state index contributed by atoms with van der Waals surface area (Å²) in [4.78, 5) is 11.5. The monoisotopic (exact) mass is 434 g/mol. The first-order valence-corrected chi connectivity index (χ1v) is 11.1. The predicted octanol–water partition coefficient (Wildman–Crippen LogP) is 5.05. The molecule has 1 fully saturated rings. The lowest BCUT2D eigenvalue weighted by atomic mass is 10.0. The lowest BCUT2D eigenvalue weighted by Crippen LogP contribution is -2.43. The summed E-state index contributed by atoms with van der Waals surface area (Å²) in [6.45, 7) is 10.0. The van der Waals surface area contributed by atoms with Gasteiger partial charge in [0.05, 0.1) is 26.9 Å². The molecule has 1 aliphatic heterocycles. The van der Waals surface area contributed by atoms with Crippen LogP contribution in [0.2, 0.25) is 0 Å². The van der Waals surface area contributed by atoms with E-state index in [4.69, 9.17) is 23.7 Å². The second-order valence-corrected chi connectivity index (χ2v) is 8.46. The largest absolute Gasteiger partial charge is 0.497 e. The summed E-state index contributed by atoms with van der Waals surface area (Å²) in [6.07, 6.45) is 5.49. The van der Waals surface area contributed by atoms with E-state index in [-0.39, 0.29) is 5.97 Å². The highest BCUT2D eigenvalue weighted by Gasteiger charge is 2.41. The van der Waals surface area contributed by atoms with Crippen LogP contribution >= 0.6 is 0 Å². The van der Waals surface area contributed by atoms with Gasteiger partial charge in [0.2, 0.25) is 5.79 Å². The highest BCUT2D eigenvalue weighted by molar-refractivity contribution is 5.66. The smallest absolute Gasteiger partial charge is 0.303 e.